The molecule has 0 bridgehead atoms. The first-order valence-corrected chi connectivity index (χ1v) is 10.0. The largest absolute Gasteiger partial charge is 0.496 e. The predicted octanol–water partition coefficient (Wildman–Crippen LogP) is 3.06. The van der Waals surface area contributed by atoms with Gasteiger partial charge in [0.1, 0.15) is 5.75 Å². The number of hydrogen-bond acceptors (Lipinski definition) is 6. The van der Waals surface area contributed by atoms with Crippen LogP contribution in [0.4, 0.5) is 11.6 Å². The van der Waals surface area contributed by atoms with Gasteiger partial charge in [-0.05, 0) is 32.0 Å². The van der Waals surface area contributed by atoms with E-state index in [-0.39, 0.29) is 5.56 Å². The van der Waals surface area contributed by atoms with Crippen molar-refractivity contribution < 1.29 is 4.74 Å². The molecule has 1 aliphatic heterocycles. The molecule has 0 saturated carbocycles. The number of methoxy groups -OCH3 is 1. The Morgan fingerprint density at radius 1 is 1.10 bits per heavy atom. The third kappa shape index (κ3) is 3.57. The van der Waals surface area contributed by atoms with Crippen molar-refractivity contribution in [3.05, 3.63) is 58.4 Å². The Hall–Kier alpha value is -3.53. The van der Waals surface area contributed by atoms with Gasteiger partial charge in [0.2, 0.25) is 5.95 Å². The van der Waals surface area contributed by atoms with Gasteiger partial charge in [-0.1, -0.05) is 18.2 Å². The topological polar surface area (TPSA) is 85.2 Å². The van der Waals surface area contributed by atoms with Gasteiger partial charge in [-0.15, -0.1) is 0 Å². The third-order valence-electron chi connectivity index (χ3n) is 5.68. The second-order valence-electron chi connectivity index (χ2n) is 8.00. The summed E-state index contributed by atoms with van der Waals surface area (Å²) in [6.07, 6.45) is 0. The Morgan fingerprint density at radius 2 is 1.80 bits per heavy atom. The van der Waals surface area contributed by atoms with Crippen molar-refractivity contribution in [1.29, 1.82) is 5.26 Å². The lowest BCUT2D eigenvalue weighted by molar-refractivity contribution is 0.402. The molecule has 3 aromatic rings. The predicted molar refractivity (Wildman–Crippen MR) is 118 cm³/mol. The number of anilines is 2. The average molecular weight is 403 g/mol. The van der Waals surface area contributed by atoms with Gasteiger partial charge in [-0.25, -0.2) is 4.98 Å². The van der Waals surface area contributed by atoms with Gasteiger partial charge in [-0.2, -0.15) is 5.26 Å². The molecular formula is C23H25N5O2. The number of para-hydroxylation sites is 1. The van der Waals surface area contributed by atoms with E-state index in [0.29, 0.717) is 16.9 Å². The zero-order chi connectivity index (χ0) is 21.3. The third-order valence-corrected chi connectivity index (χ3v) is 5.68. The van der Waals surface area contributed by atoms with Gasteiger partial charge in [-0.3, -0.25) is 9.78 Å². The number of rotatable bonds is 4. The molecule has 30 heavy (non-hydrogen) atoms. The molecule has 0 unspecified atom stereocenters. The van der Waals surface area contributed by atoms with Crippen LogP contribution in [0.25, 0.3) is 10.9 Å². The number of H-pyrrole nitrogens is 1. The highest BCUT2D eigenvalue weighted by Gasteiger charge is 2.26. The molecule has 0 amide bonds. The van der Waals surface area contributed by atoms with Crippen molar-refractivity contribution in [1.82, 2.24) is 9.97 Å². The summed E-state index contributed by atoms with van der Waals surface area (Å²) in [5.41, 5.74) is 1.92. The second-order valence-corrected chi connectivity index (χ2v) is 8.00. The van der Waals surface area contributed by atoms with E-state index in [2.05, 4.69) is 25.8 Å². The Morgan fingerprint density at radius 3 is 2.50 bits per heavy atom. The maximum Gasteiger partial charge on any atom is 0.260 e. The summed E-state index contributed by atoms with van der Waals surface area (Å²) in [4.78, 5) is 24.3. The molecule has 2 aromatic carbocycles. The molecule has 0 aliphatic carbocycles. The van der Waals surface area contributed by atoms with Crippen LogP contribution in [0.5, 0.6) is 5.75 Å². The highest BCUT2D eigenvalue weighted by atomic mass is 16.5. The number of benzene rings is 2. The van der Waals surface area contributed by atoms with Crippen LogP contribution in [0, 0.1) is 11.3 Å². The van der Waals surface area contributed by atoms with Crippen LogP contribution < -0.4 is 20.1 Å². The molecule has 2 heterocycles. The molecule has 0 spiro atoms. The summed E-state index contributed by atoms with van der Waals surface area (Å²) < 4.78 is 5.57. The second kappa shape index (κ2) is 7.71. The summed E-state index contributed by atoms with van der Waals surface area (Å²) in [5.74, 6) is 1.34. The van der Waals surface area contributed by atoms with E-state index >= 15 is 0 Å². The zero-order valence-electron chi connectivity index (χ0n) is 17.5. The Kier molecular flexibility index (Phi) is 5.08. The van der Waals surface area contributed by atoms with Crippen molar-refractivity contribution in [2.45, 2.75) is 19.3 Å². The lowest BCUT2D eigenvalue weighted by Crippen LogP contribution is -2.47. The fourth-order valence-electron chi connectivity index (χ4n) is 3.85. The van der Waals surface area contributed by atoms with Crippen LogP contribution in [0.15, 0.2) is 47.3 Å². The fraction of sp³-hybridized carbons (Fsp3) is 0.348. The first-order chi connectivity index (χ1) is 14.4. The van der Waals surface area contributed by atoms with Gasteiger partial charge >= 0.3 is 0 Å². The monoisotopic (exact) mass is 403 g/mol. The first-order valence-electron chi connectivity index (χ1n) is 10.0. The number of aromatic amines is 1. The fourth-order valence-corrected chi connectivity index (χ4v) is 3.85. The summed E-state index contributed by atoms with van der Waals surface area (Å²) in [5, 5.41) is 10.1. The number of ether oxygens (including phenoxy) is 1. The van der Waals surface area contributed by atoms with Crippen molar-refractivity contribution in [2.75, 3.05) is 43.1 Å². The van der Waals surface area contributed by atoms with Crippen LogP contribution >= 0.6 is 0 Å². The molecule has 1 aliphatic rings. The van der Waals surface area contributed by atoms with Crippen LogP contribution in [-0.4, -0.2) is 43.3 Å². The van der Waals surface area contributed by atoms with Crippen molar-refractivity contribution in [2.24, 2.45) is 0 Å². The maximum absolute atomic E-state index is 12.4. The molecule has 7 nitrogen and oxygen atoms in total. The lowest BCUT2D eigenvalue weighted by Gasteiger charge is -2.36. The van der Waals surface area contributed by atoms with Crippen LogP contribution in [0.3, 0.4) is 0 Å². The standard InChI is InChI=1S/C23H25N5O2/c1-23(2,15-24)18-9-8-16(14-20(18)30-3)27-10-12-28(13-11-27)22-25-19-7-5-4-6-17(19)21(29)26-22/h4-9,14H,10-13H2,1-3H3,(H,25,26,29). The molecule has 0 atom stereocenters. The van der Waals surface area contributed by atoms with E-state index in [4.69, 9.17) is 4.74 Å². The van der Waals surface area contributed by atoms with Crippen molar-refractivity contribution in [3.8, 4) is 11.8 Å². The normalized spacial score (nSPS) is 14.6. The number of nitriles is 1. The van der Waals surface area contributed by atoms with Gasteiger partial charge in [0.25, 0.3) is 5.56 Å². The quantitative estimate of drug-likeness (QED) is 0.721. The molecule has 1 fully saturated rings. The number of nitrogens with one attached hydrogen (secondary N) is 1. The zero-order valence-corrected chi connectivity index (χ0v) is 17.5. The first kappa shape index (κ1) is 19.8. The number of nitrogens with zero attached hydrogens (tertiary/aromatic N) is 4. The average Bonchev–Trinajstić information content (AvgIpc) is 2.78. The lowest BCUT2D eigenvalue weighted by atomic mass is 9.85. The van der Waals surface area contributed by atoms with Crippen LogP contribution in [-0.2, 0) is 5.41 Å². The van der Waals surface area contributed by atoms with Gasteiger partial charge in [0.05, 0.1) is 29.5 Å². The minimum Gasteiger partial charge on any atom is -0.496 e. The number of piperazine rings is 1. The minimum atomic E-state index is -0.615. The molecule has 1 saturated heterocycles. The summed E-state index contributed by atoms with van der Waals surface area (Å²) in [6, 6.07) is 15.7. The maximum atomic E-state index is 12.4. The van der Waals surface area contributed by atoms with Crippen molar-refractivity contribution in [3.63, 3.8) is 0 Å². The molecule has 0 radical (unpaired) electrons. The summed E-state index contributed by atoms with van der Waals surface area (Å²) in [7, 11) is 1.63. The molecule has 1 N–H and O–H groups in total. The minimum absolute atomic E-state index is 0.113. The molecule has 154 valence electrons. The number of hydrogen-bond donors (Lipinski definition) is 1. The highest BCUT2D eigenvalue weighted by molar-refractivity contribution is 5.78. The number of aromatic nitrogens is 2. The molecular weight excluding hydrogens is 378 g/mol. The van der Waals surface area contributed by atoms with E-state index in [1.54, 1.807) is 13.2 Å². The van der Waals surface area contributed by atoms with Crippen molar-refractivity contribution >= 4 is 22.5 Å². The van der Waals surface area contributed by atoms with Crippen LogP contribution in [0.1, 0.15) is 19.4 Å². The van der Waals surface area contributed by atoms with E-state index in [1.165, 1.54) is 0 Å². The van der Waals surface area contributed by atoms with E-state index in [1.807, 2.05) is 50.2 Å². The van der Waals surface area contributed by atoms with Gasteiger partial charge < -0.3 is 14.5 Å². The summed E-state index contributed by atoms with van der Waals surface area (Å²) in [6.45, 7) is 6.85. The van der Waals surface area contributed by atoms with Gasteiger partial charge in [0, 0.05) is 43.5 Å². The number of fused-ring (bicyclic) bond motifs is 1. The summed E-state index contributed by atoms with van der Waals surface area (Å²) >= 11 is 0. The molecule has 1 aromatic heterocycles. The Balaban J connectivity index is 1.53. The van der Waals surface area contributed by atoms with E-state index in [0.717, 1.165) is 43.2 Å². The van der Waals surface area contributed by atoms with E-state index in [9.17, 15) is 10.1 Å². The smallest absolute Gasteiger partial charge is 0.260 e. The SMILES string of the molecule is COc1cc(N2CCN(c3nc4ccccc4c(=O)[nH]3)CC2)ccc1C(C)(C)C#N. The highest BCUT2D eigenvalue weighted by Crippen LogP contribution is 2.34. The van der Waals surface area contributed by atoms with Crippen LogP contribution in [0.2, 0.25) is 0 Å². The Labute approximate surface area is 175 Å². The van der Waals surface area contributed by atoms with Gasteiger partial charge in [0.15, 0.2) is 0 Å². The Bertz CT molecular complexity index is 1170. The molecule has 4 rings (SSSR count). The molecule has 7 heteroatoms. The van der Waals surface area contributed by atoms with E-state index < -0.39 is 5.41 Å².